The molecule has 3 rings (SSSR count). The van der Waals surface area contributed by atoms with Crippen LogP contribution in [0.4, 0.5) is 0 Å². The third kappa shape index (κ3) is 4.79. The van der Waals surface area contributed by atoms with Crippen LogP contribution in [0.15, 0.2) is 42.7 Å². The summed E-state index contributed by atoms with van der Waals surface area (Å²) in [7, 11) is 3.61. The van der Waals surface area contributed by atoms with Crippen molar-refractivity contribution >= 4 is 24.2 Å². The van der Waals surface area contributed by atoms with E-state index in [0.717, 1.165) is 11.1 Å². The Morgan fingerprint density at radius 3 is 2.17 bits per heavy atom. The first-order valence-corrected chi connectivity index (χ1v) is 9.64. The van der Waals surface area contributed by atoms with E-state index in [0.29, 0.717) is 26.2 Å². The number of hydrogen-bond donors (Lipinski definition) is 1. The summed E-state index contributed by atoms with van der Waals surface area (Å²) in [5.74, 6) is 0.119. The van der Waals surface area contributed by atoms with Gasteiger partial charge in [0.1, 0.15) is 6.04 Å². The number of nitrogens with zero attached hydrogens (tertiary/aromatic N) is 4. The minimum Gasteiger partial charge on any atom is -0.338 e. The molecule has 7 nitrogen and oxygen atoms in total. The van der Waals surface area contributed by atoms with E-state index in [1.54, 1.807) is 17.9 Å². The van der Waals surface area contributed by atoms with Crippen molar-refractivity contribution in [1.29, 1.82) is 0 Å². The number of rotatable bonds is 5. The zero-order valence-corrected chi connectivity index (χ0v) is 18.3. The minimum absolute atomic E-state index is 0. The van der Waals surface area contributed by atoms with Gasteiger partial charge >= 0.3 is 0 Å². The lowest BCUT2D eigenvalue weighted by molar-refractivity contribution is -0.143. The van der Waals surface area contributed by atoms with Gasteiger partial charge in [0.05, 0.1) is 11.6 Å². The van der Waals surface area contributed by atoms with Crippen LogP contribution in [0.5, 0.6) is 0 Å². The van der Waals surface area contributed by atoms with E-state index in [1.807, 2.05) is 67.2 Å². The van der Waals surface area contributed by atoms with E-state index < -0.39 is 11.5 Å². The number of aromatic nitrogens is 2. The highest BCUT2D eigenvalue weighted by atomic mass is 35.5. The summed E-state index contributed by atoms with van der Waals surface area (Å²) >= 11 is 0. The topological polar surface area (TPSA) is 70.5 Å². The second kappa shape index (κ2) is 9.41. The first kappa shape index (κ1) is 22.9. The number of hydrogen-bond acceptors (Lipinski definition) is 4. The number of amides is 2. The van der Waals surface area contributed by atoms with Gasteiger partial charge in [-0.05, 0) is 26.5 Å². The summed E-state index contributed by atoms with van der Waals surface area (Å²) in [6.45, 7) is 6.08. The van der Waals surface area contributed by atoms with Gasteiger partial charge in [-0.1, -0.05) is 30.3 Å². The van der Waals surface area contributed by atoms with Gasteiger partial charge in [0.15, 0.2) is 0 Å². The Kier molecular flexibility index (Phi) is 7.43. The molecule has 1 fully saturated rings. The van der Waals surface area contributed by atoms with Gasteiger partial charge in [-0.3, -0.25) is 14.3 Å². The maximum atomic E-state index is 13.1. The predicted molar refractivity (Wildman–Crippen MR) is 115 cm³/mol. The van der Waals surface area contributed by atoms with Gasteiger partial charge in [-0.15, -0.1) is 12.4 Å². The zero-order valence-electron chi connectivity index (χ0n) is 17.5. The Morgan fingerprint density at radius 1 is 1.07 bits per heavy atom. The molecule has 1 aromatic heterocycles. The summed E-state index contributed by atoms with van der Waals surface area (Å²) < 4.78 is 1.69. The van der Waals surface area contributed by atoms with Crippen molar-refractivity contribution in [1.82, 2.24) is 24.9 Å². The summed E-state index contributed by atoms with van der Waals surface area (Å²) in [6.07, 6.45) is 3.56. The highest BCUT2D eigenvalue weighted by Gasteiger charge is 2.36. The van der Waals surface area contributed by atoms with Crippen LogP contribution >= 0.6 is 12.4 Å². The van der Waals surface area contributed by atoms with Gasteiger partial charge in [-0.25, -0.2) is 0 Å². The number of benzene rings is 1. The van der Waals surface area contributed by atoms with E-state index in [2.05, 4.69) is 10.4 Å². The summed E-state index contributed by atoms with van der Waals surface area (Å²) in [4.78, 5) is 29.8. The molecule has 1 N–H and O–H groups in total. The van der Waals surface area contributed by atoms with E-state index in [4.69, 9.17) is 0 Å². The molecule has 2 aromatic rings. The number of piperazine rings is 1. The van der Waals surface area contributed by atoms with Gasteiger partial charge < -0.3 is 15.1 Å². The Bertz CT molecular complexity index is 829. The molecule has 0 saturated carbocycles. The van der Waals surface area contributed by atoms with Crippen LogP contribution in [0, 0.1) is 0 Å². The lowest BCUT2D eigenvalue weighted by Crippen LogP contribution is -2.55. The molecule has 1 aliphatic heterocycles. The van der Waals surface area contributed by atoms with E-state index >= 15 is 0 Å². The molecule has 2 heterocycles. The molecule has 0 radical (unpaired) electrons. The minimum atomic E-state index is -0.587. The van der Waals surface area contributed by atoms with Crippen molar-refractivity contribution in [2.24, 2.45) is 7.05 Å². The fraction of sp³-hybridized carbons (Fsp3) is 0.476. The molecular weight excluding hydrogens is 390 g/mol. The Hall–Kier alpha value is -2.38. The molecule has 8 heteroatoms. The van der Waals surface area contributed by atoms with Gasteiger partial charge in [0, 0.05) is 45.0 Å². The third-order valence-electron chi connectivity index (χ3n) is 5.50. The molecule has 1 saturated heterocycles. The molecule has 2 amide bonds. The first-order chi connectivity index (χ1) is 13.3. The van der Waals surface area contributed by atoms with Crippen molar-refractivity contribution < 1.29 is 9.59 Å². The lowest BCUT2D eigenvalue weighted by Gasteiger charge is -2.39. The standard InChI is InChI=1S/C21H29N5O2.ClH/c1-21(2,17-8-6-5-7-9-17)20(28)26-12-10-25(11-13-26)19(27)18(22-3)16-14-23-24(4)15-16;/h5-9,14-15,18,22H,10-13H2,1-4H3;1H. The molecule has 0 spiro atoms. The van der Waals surface area contributed by atoms with Gasteiger partial charge in [0.2, 0.25) is 11.8 Å². The summed E-state index contributed by atoms with van der Waals surface area (Å²) in [6, 6.07) is 9.42. The van der Waals surface area contributed by atoms with Crippen molar-refractivity contribution in [2.75, 3.05) is 33.2 Å². The summed E-state index contributed by atoms with van der Waals surface area (Å²) in [5.41, 5.74) is 1.26. The van der Waals surface area contributed by atoms with Gasteiger partial charge in [0.25, 0.3) is 0 Å². The molecule has 0 aliphatic carbocycles. The second-order valence-corrected chi connectivity index (χ2v) is 7.78. The zero-order chi connectivity index (χ0) is 20.3. The Labute approximate surface area is 178 Å². The molecule has 1 aromatic carbocycles. The highest BCUT2D eigenvalue weighted by Crippen LogP contribution is 2.26. The number of carbonyl (C=O) groups is 2. The quantitative estimate of drug-likeness (QED) is 0.801. The Morgan fingerprint density at radius 2 is 1.66 bits per heavy atom. The Balaban J connectivity index is 0.00000300. The molecular formula is C21H30ClN5O2. The van der Waals surface area contributed by atoms with E-state index in [-0.39, 0.29) is 24.2 Å². The van der Waals surface area contributed by atoms with Crippen LogP contribution in [-0.2, 0) is 22.1 Å². The van der Waals surface area contributed by atoms with Crippen LogP contribution in [0.3, 0.4) is 0 Å². The van der Waals surface area contributed by atoms with Crippen LogP contribution in [0.1, 0.15) is 31.0 Å². The largest absolute Gasteiger partial charge is 0.338 e. The SMILES string of the molecule is CNC(C(=O)N1CCN(C(=O)C(C)(C)c2ccccc2)CC1)c1cnn(C)c1.Cl. The molecule has 1 aliphatic rings. The number of likely N-dealkylation sites (N-methyl/N-ethyl adjacent to an activating group) is 1. The van der Waals surface area contributed by atoms with Crippen molar-refractivity contribution in [3.63, 3.8) is 0 Å². The third-order valence-corrected chi connectivity index (χ3v) is 5.50. The number of halogens is 1. The number of nitrogens with one attached hydrogen (secondary N) is 1. The molecule has 1 atom stereocenters. The number of carbonyl (C=O) groups excluding carboxylic acids is 2. The first-order valence-electron chi connectivity index (χ1n) is 9.64. The van der Waals surface area contributed by atoms with Crippen LogP contribution in [0.2, 0.25) is 0 Å². The molecule has 158 valence electrons. The normalized spacial score (nSPS) is 15.6. The molecule has 29 heavy (non-hydrogen) atoms. The van der Waals surface area contributed by atoms with E-state index in [1.165, 1.54) is 0 Å². The van der Waals surface area contributed by atoms with Gasteiger partial charge in [-0.2, -0.15) is 5.10 Å². The van der Waals surface area contributed by atoms with Crippen LogP contribution < -0.4 is 5.32 Å². The predicted octanol–water partition coefficient (Wildman–Crippen LogP) is 1.75. The average Bonchev–Trinajstić information content (AvgIpc) is 3.14. The molecule has 1 unspecified atom stereocenters. The fourth-order valence-corrected chi connectivity index (χ4v) is 3.71. The van der Waals surface area contributed by atoms with Crippen LogP contribution in [-0.4, -0.2) is 64.6 Å². The lowest BCUT2D eigenvalue weighted by atomic mass is 9.83. The number of aryl methyl sites for hydroxylation is 1. The smallest absolute Gasteiger partial charge is 0.244 e. The van der Waals surface area contributed by atoms with Crippen molar-refractivity contribution in [3.05, 3.63) is 53.9 Å². The maximum absolute atomic E-state index is 13.1. The van der Waals surface area contributed by atoms with Crippen molar-refractivity contribution in [3.8, 4) is 0 Å². The summed E-state index contributed by atoms with van der Waals surface area (Å²) in [5, 5.41) is 7.24. The maximum Gasteiger partial charge on any atom is 0.244 e. The van der Waals surface area contributed by atoms with E-state index in [9.17, 15) is 9.59 Å². The average molecular weight is 420 g/mol. The highest BCUT2D eigenvalue weighted by molar-refractivity contribution is 5.88. The molecule has 0 bridgehead atoms. The van der Waals surface area contributed by atoms with Crippen LogP contribution in [0.25, 0.3) is 0 Å². The second-order valence-electron chi connectivity index (χ2n) is 7.78. The monoisotopic (exact) mass is 419 g/mol. The van der Waals surface area contributed by atoms with Crippen molar-refractivity contribution in [2.45, 2.75) is 25.3 Å². The fourth-order valence-electron chi connectivity index (χ4n) is 3.71.